The highest BCUT2D eigenvalue weighted by molar-refractivity contribution is 5.98. The van der Waals surface area contributed by atoms with Crippen molar-refractivity contribution in [3.8, 4) is 0 Å². The first-order valence-electron chi connectivity index (χ1n) is 6.63. The molecule has 0 saturated carbocycles. The molecule has 1 aliphatic rings. The zero-order valence-electron chi connectivity index (χ0n) is 10.6. The van der Waals surface area contributed by atoms with Crippen LogP contribution in [0.1, 0.15) is 36.5 Å². The van der Waals surface area contributed by atoms with Gasteiger partial charge < -0.3 is 4.90 Å². The van der Waals surface area contributed by atoms with Gasteiger partial charge in [0.25, 0.3) is 0 Å². The second kappa shape index (κ2) is 5.97. The van der Waals surface area contributed by atoms with Gasteiger partial charge in [0.1, 0.15) is 0 Å². The van der Waals surface area contributed by atoms with E-state index in [1.165, 1.54) is 6.42 Å². The molecule has 0 bridgehead atoms. The Bertz CT molecular complexity index is 358. The number of ketones is 1. The van der Waals surface area contributed by atoms with E-state index in [-0.39, 0.29) is 5.92 Å². The van der Waals surface area contributed by atoms with E-state index in [0.717, 1.165) is 38.0 Å². The molecule has 1 aromatic carbocycles. The molecule has 1 unspecified atom stereocenters. The molecular formula is C15H21NO. The van der Waals surface area contributed by atoms with Gasteiger partial charge in [-0.2, -0.15) is 0 Å². The van der Waals surface area contributed by atoms with Crippen molar-refractivity contribution in [2.24, 2.45) is 5.92 Å². The van der Waals surface area contributed by atoms with E-state index >= 15 is 0 Å². The molecule has 2 heteroatoms. The number of hydrogen-bond donors (Lipinski definition) is 0. The van der Waals surface area contributed by atoms with Gasteiger partial charge in [0, 0.05) is 18.0 Å². The molecule has 0 spiro atoms. The van der Waals surface area contributed by atoms with E-state index in [1.54, 1.807) is 0 Å². The van der Waals surface area contributed by atoms with Crippen molar-refractivity contribution in [1.82, 2.24) is 4.90 Å². The van der Waals surface area contributed by atoms with Crippen LogP contribution in [-0.4, -0.2) is 30.3 Å². The third-order valence-corrected chi connectivity index (χ3v) is 3.47. The van der Waals surface area contributed by atoms with Crippen LogP contribution in [0.2, 0.25) is 0 Å². The summed E-state index contributed by atoms with van der Waals surface area (Å²) < 4.78 is 0. The van der Waals surface area contributed by atoms with E-state index < -0.39 is 0 Å². The summed E-state index contributed by atoms with van der Waals surface area (Å²) in [6.45, 7) is 5.43. The van der Waals surface area contributed by atoms with Crippen molar-refractivity contribution in [2.45, 2.75) is 26.2 Å². The Kier molecular flexibility index (Phi) is 4.32. The molecule has 0 aliphatic carbocycles. The van der Waals surface area contributed by atoms with Crippen LogP contribution in [0.15, 0.2) is 30.3 Å². The van der Waals surface area contributed by atoms with Gasteiger partial charge in [-0.1, -0.05) is 37.3 Å². The predicted molar refractivity (Wildman–Crippen MR) is 70.2 cm³/mol. The van der Waals surface area contributed by atoms with Crippen molar-refractivity contribution in [3.63, 3.8) is 0 Å². The van der Waals surface area contributed by atoms with Gasteiger partial charge in [-0.05, 0) is 32.4 Å². The molecule has 0 aromatic heterocycles. The zero-order chi connectivity index (χ0) is 12.1. The maximum absolute atomic E-state index is 12.3. The Labute approximate surface area is 104 Å². The van der Waals surface area contributed by atoms with Gasteiger partial charge in [0.05, 0.1) is 0 Å². The number of piperidine rings is 1. The first-order chi connectivity index (χ1) is 8.31. The molecule has 1 atom stereocenters. The van der Waals surface area contributed by atoms with Crippen LogP contribution in [-0.2, 0) is 0 Å². The minimum atomic E-state index is 0.206. The number of carbonyl (C=O) groups is 1. The quantitative estimate of drug-likeness (QED) is 0.742. The lowest BCUT2D eigenvalue weighted by Crippen LogP contribution is -2.39. The summed E-state index contributed by atoms with van der Waals surface area (Å²) >= 11 is 0. The number of carbonyl (C=O) groups excluding carboxylic acids is 1. The van der Waals surface area contributed by atoms with E-state index in [4.69, 9.17) is 0 Å². The molecule has 1 fully saturated rings. The fraction of sp³-hybridized carbons (Fsp3) is 0.533. The van der Waals surface area contributed by atoms with E-state index in [9.17, 15) is 4.79 Å². The number of Topliss-reactive ketones (excluding diaryl/α,β-unsaturated/α-hetero) is 1. The summed E-state index contributed by atoms with van der Waals surface area (Å²) in [7, 11) is 0. The van der Waals surface area contributed by atoms with Gasteiger partial charge in [-0.25, -0.2) is 0 Å². The molecule has 0 amide bonds. The molecule has 2 nitrogen and oxygen atoms in total. The van der Waals surface area contributed by atoms with Crippen LogP contribution in [0.4, 0.5) is 0 Å². The summed E-state index contributed by atoms with van der Waals surface area (Å²) in [5.74, 6) is 0.532. The van der Waals surface area contributed by atoms with Gasteiger partial charge in [-0.3, -0.25) is 4.79 Å². The van der Waals surface area contributed by atoms with Crippen molar-refractivity contribution in [3.05, 3.63) is 35.9 Å². The standard InChI is InChI=1S/C15H21NO/c1-2-10-16-11-6-9-14(12-16)15(17)13-7-4-3-5-8-13/h3-5,7-8,14H,2,6,9-12H2,1H3. The smallest absolute Gasteiger partial charge is 0.167 e. The lowest BCUT2D eigenvalue weighted by Gasteiger charge is -2.31. The molecule has 0 radical (unpaired) electrons. The number of nitrogens with zero attached hydrogens (tertiary/aromatic N) is 1. The summed E-state index contributed by atoms with van der Waals surface area (Å²) in [6, 6.07) is 9.71. The normalized spacial score (nSPS) is 21.4. The fourth-order valence-corrected chi connectivity index (χ4v) is 2.63. The van der Waals surface area contributed by atoms with Crippen molar-refractivity contribution in [2.75, 3.05) is 19.6 Å². The molecule has 1 aromatic rings. The third-order valence-electron chi connectivity index (χ3n) is 3.47. The van der Waals surface area contributed by atoms with E-state index in [2.05, 4.69) is 11.8 Å². The van der Waals surface area contributed by atoms with Gasteiger partial charge in [0.15, 0.2) is 5.78 Å². The number of benzene rings is 1. The Morgan fingerprint density at radius 1 is 1.35 bits per heavy atom. The third kappa shape index (κ3) is 3.16. The average molecular weight is 231 g/mol. The monoisotopic (exact) mass is 231 g/mol. The Morgan fingerprint density at radius 2 is 2.12 bits per heavy atom. The van der Waals surface area contributed by atoms with Gasteiger partial charge >= 0.3 is 0 Å². The fourth-order valence-electron chi connectivity index (χ4n) is 2.63. The summed E-state index contributed by atoms with van der Waals surface area (Å²) in [5.41, 5.74) is 0.871. The summed E-state index contributed by atoms with van der Waals surface area (Å²) in [4.78, 5) is 14.7. The predicted octanol–water partition coefficient (Wildman–Crippen LogP) is 2.99. The lowest BCUT2D eigenvalue weighted by atomic mass is 9.90. The van der Waals surface area contributed by atoms with Crippen molar-refractivity contribution < 1.29 is 4.79 Å². The SMILES string of the molecule is CCCN1CCCC(C(=O)c2ccccc2)C1. The van der Waals surface area contributed by atoms with E-state index in [0.29, 0.717) is 5.78 Å². The maximum Gasteiger partial charge on any atom is 0.167 e. The first-order valence-corrected chi connectivity index (χ1v) is 6.63. The first kappa shape index (κ1) is 12.3. The van der Waals surface area contributed by atoms with Gasteiger partial charge in [0.2, 0.25) is 0 Å². The molecule has 2 rings (SSSR count). The second-order valence-corrected chi connectivity index (χ2v) is 4.87. The van der Waals surface area contributed by atoms with E-state index in [1.807, 2.05) is 30.3 Å². The zero-order valence-corrected chi connectivity index (χ0v) is 10.6. The molecule has 1 saturated heterocycles. The minimum absolute atomic E-state index is 0.206. The van der Waals surface area contributed by atoms with Crippen LogP contribution in [0.25, 0.3) is 0 Å². The molecular weight excluding hydrogens is 210 g/mol. The Balaban J connectivity index is 2.00. The summed E-state index contributed by atoms with van der Waals surface area (Å²) in [6.07, 6.45) is 3.38. The minimum Gasteiger partial charge on any atom is -0.303 e. The molecule has 17 heavy (non-hydrogen) atoms. The summed E-state index contributed by atoms with van der Waals surface area (Å²) in [5, 5.41) is 0. The Morgan fingerprint density at radius 3 is 2.82 bits per heavy atom. The Hall–Kier alpha value is -1.15. The highest BCUT2D eigenvalue weighted by Crippen LogP contribution is 2.20. The largest absolute Gasteiger partial charge is 0.303 e. The van der Waals surface area contributed by atoms with Gasteiger partial charge in [-0.15, -0.1) is 0 Å². The van der Waals surface area contributed by atoms with Crippen LogP contribution >= 0.6 is 0 Å². The highest BCUT2D eigenvalue weighted by Gasteiger charge is 2.25. The lowest BCUT2D eigenvalue weighted by molar-refractivity contribution is 0.0820. The number of likely N-dealkylation sites (tertiary alicyclic amines) is 1. The van der Waals surface area contributed by atoms with Crippen molar-refractivity contribution >= 4 is 5.78 Å². The van der Waals surface area contributed by atoms with Crippen LogP contribution in [0.3, 0.4) is 0 Å². The molecule has 1 aliphatic heterocycles. The number of rotatable bonds is 4. The van der Waals surface area contributed by atoms with Crippen LogP contribution in [0.5, 0.6) is 0 Å². The second-order valence-electron chi connectivity index (χ2n) is 4.87. The van der Waals surface area contributed by atoms with Crippen LogP contribution in [0, 0.1) is 5.92 Å². The number of hydrogen-bond acceptors (Lipinski definition) is 2. The molecule has 1 heterocycles. The topological polar surface area (TPSA) is 20.3 Å². The maximum atomic E-state index is 12.3. The highest BCUT2D eigenvalue weighted by atomic mass is 16.1. The van der Waals surface area contributed by atoms with Crippen LogP contribution < -0.4 is 0 Å². The average Bonchev–Trinajstić information content (AvgIpc) is 2.40. The molecule has 92 valence electrons. The van der Waals surface area contributed by atoms with Crippen molar-refractivity contribution in [1.29, 1.82) is 0 Å². The molecule has 0 N–H and O–H groups in total.